The number of aromatic nitrogens is 1. The second-order valence-corrected chi connectivity index (χ2v) is 9.94. The van der Waals surface area contributed by atoms with Crippen LogP contribution in [0.2, 0.25) is 0 Å². The molecule has 170 valence electrons. The number of benzene rings is 3. The number of nitrogens with zero attached hydrogens (tertiary/aromatic N) is 1. The quantitative estimate of drug-likeness (QED) is 0.283. The fourth-order valence-corrected chi connectivity index (χ4v) is 4.36. The summed E-state index contributed by atoms with van der Waals surface area (Å²) in [6.45, 7) is 5.19. The van der Waals surface area contributed by atoms with Crippen LogP contribution >= 0.6 is 11.8 Å². The van der Waals surface area contributed by atoms with E-state index in [0.29, 0.717) is 13.2 Å². The first kappa shape index (κ1) is 22.8. The van der Waals surface area contributed by atoms with Gasteiger partial charge in [0.2, 0.25) is 0 Å². The molecule has 1 heterocycles. The molecular formula is C27H27NO4S. The zero-order chi connectivity index (χ0) is 23.3. The van der Waals surface area contributed by atoms with Gasteiger partial charge in [0.25, 0.3) is 0 Å². The highest BCUT2D eigenvalue weighted by Gasteiger charge is 2.28. The maximum absolute atomic E-state index is 11.3. The number of aliphatic carboxylic acids is 1. The minimum Gasteiger partial charge on any atom is -0.492 e. The Hall–Kier alpha value is -3.38. The lowest BCUT2D eigenvalue weighted by Crippen LogP contribution is -2.26. The summed E-state index contributed by atoms with van der Waals surface area (Å²) in [6.07, 6.45) is 2.06. The molecule has 4 rings (SSSR count). The van der Waals surface area contributed by atoms with Crippen molar-refractivity contribution in [1.29, 1.82) is 0 Å². The normalized spacial score (nSPS) is 11.5. The molecule has 6 heteroatoms. The van der Waals surface area contributed by atoms with Crippen molar-refractivity contribution in [2.75, 3.05) is 6.61 Å². The maximum atomic E-state index is 11.3. The van der Waals surface area contributed by atoms with Crippen LogP contribution in [0.25, 0.3) is 10.9 Å². The number of rotatable bonds is 10. The van der Waals surface area contributed by atoms with Gasteiger partial charge < -0.3 is 19.1 Å². The van der Waals surface area contributed by atoms with E-state index in [1.165, 1.54) is 11.8 Å². The summed E-state index contributed by atoms with van der Waals surface area (Å²) in [5, 5.41) is 10.4. The van der Waals surface area contributed by atoms with Gasteiger partial charge in [-0.1, -0.05) is 30.3 Å². The van der Waals surface area contributed by atoms with Crippen molar-refractivity contribution in [3.8, 4) is 11.5 Å². The van der Waals surface area contributed by atoms with E-state index in [1.807, 2.05) is 48.5 Å². The zero-order valence-corrected chi connectivity index (χ0v) is 19.5. The summed E-state index contributed by atoms with van der Waals surface area (Å²) in [5.74, 6) is 0.784. The Kier molecular flexibility index (Phi) is 6.94. The Morgan fingerprint density at radius 1 is 0.939 bits per heavy atom. The van der Waals surface area contributed by atoms with Gasteiger partial charge in [-0.2, -0.15) is 0 Å². The van der Waals surface area contributed by atoms with Gasteiger partial charge in [0, 0.05) is 22.0 Å². The van der Waals surface area contributed by atoms with Crippen molar-refractivity contribution in [1.82, 2.24) is 4.57 Å². The van der Waals surface area contributed by atoms with Crippen molar-refractivity contribution in [2.45, 2.75) is 36.6 Å². The number of hydrogen-bond acceptors (Lipinski definition) is 4. The van der Waals surface area contributed by atoms with Gasteiger partial charge in [-0.05, 0) is 67.9 Å². The lowest BCUT2D eigenvalue weighted by atomic mass is 10.2. The second kappa shape index (κ2) is 10.0. The molecule has 0 aliphatic carbocycles. The smallest absolute Gasteiger partial charge is 0.319 e. The Morgan fingerprint density at radius 2 is 1.67 bits per heavy atom. The van der Waals surface area contributed by atoms with E-state index >= 15 is 0 Å². The summed E-state index contributed by atoms with van der Waals surface area (Å²) in [6, 6.07) is 25.9. The minimum atomic E-state index is -0.871. The van der Waals surface area contributed by atoms with Gasteiger partial charge in [-0.25, -0.2) is 0 Å². The predicted octanol–water partition coefficient (Wildman–Crippen LogP) is 6.25. The van der Waals surface area contributed by atoms with Crippen LogP contribution in [0.5, 0.6) is 11.5 Å². The molecule has 0 atom stereocenters. The van der Waals surface area contributed by atoms with Crippen molar-refractivity contribution in [3.63, 3.8) is 0 Å². The van der Waals surface area contributed by atoms with E-state index in [1.54, 1.807) is 13.8 Å². The SMILES string of the molecule is CC(C)(Sc1ccc(OCCn2ccc3cc(OCc4ccccc4)ccc32)cc1)C(=O)O. The van der Waals surface area contributed by atoms with Gasteiger partial charge in [-0.15, -0.1) is 11.8 Å². The molecular weight excluding hydrogens is 434 g/mol. The lowest BCUT2D eigenvalue weighted by molar-refractivity contribution is -0.138. The van der Waals surface area contributed by atoms with E-state index < -0.39 is 10.7 Å². The molecule has 1 N–H and O–H groups in total. The summed E-state index contributed by atoms with van der Waals surface area (Å²) >= 11 is 1.32. The third kappa shape index (κ3) is 5.90. The van der Waals surface area contributed by atoms with Crippen LogP contribution in [0, 0.1) is 0 Å². The van der Waals surface area contributed by atoms with Gasteiger partial charge in [-0.3, -0.25) is 4.79 Å². The number of carbonyl (C=O) groups is 1. The summed E-state index contributed by atoms with van der Waals surface area (Å²) in [5.41, 5.74) is 2.28. The average molecular weight is 462 g/mol. The molecule has 0 unspecified atom stereocenters. The van der Waals surface area contributed by atoms with Gasteiger partial charge >= 0.3 is 5.97 Å². The molecule has 0 aliphatic heterocycles. The standard InChI is InChI=1S/C27H27NO4S/c1-27(2,26(29)30)33-24-11-8-22(9-12-24)31-17-16-28-15-14-21-18-23(10-13-25(21)28)32-19-20-6-4-3-5-7-20/h3-15,18H,16-17,19H2,1-2H3,(H,29,30). The van der Waals surface area contributed by atoms with Crippen LogP contribution in [-0.4, -0.2) is 27.0 Å². The highest BCUT2D eigenvalue weighted by Crippen LogP contribution is 2.33. The first-order valence-electron chi connectivity index (χ1n) is 10.8. The van der Waals surface area contributed by atoms with Crippen LogP contribution in [0.1, 0.15) is 19.4 Å². The molecule has 0 aliphatic rings. The topological polar surface area (TPSA) is 60.7 Å². The van der Waals surface area contributed by atoms with E-state index in [9.17, 15) is 9.90 Å². The van der Waals surface area contributed by atoms with E-state index in [-0.39, 0.29) is 0 Å². The largest absolute Gasteiger partial charge is 0.492 e. The average Bonchev–Trinajstić information content (AvgIpc) is 3.21. The molecule has 0 amide bonds. The minimum absolute atomic E-state index is 0.531. The van der Waals surface area contributed by atoms with Gasteiger partial charge in [0.05, 0.1) is 6.54 Å². The molecule has 0 spiro atoms. The molecule has 3 aromatic carbocycles. The third-order valence-corrected chi connectivity index (χ3v) is 6.50. The molecule has 33 heavy (non-hydrogen) atoms. The fourth-order valence-electron chi connectivity index (χ4n) is 3.41. The van der Waals surface area contributed by atoms with Crippen LogP contribution in [0.4, 0.5) is 0 Å². The Labute approximate surface area is 198 Å². The first-order chi connectivity index (χ1) is 15.9. The van der Waals surface area contributed by atoms with Gasteiger partial charge in [0.15, 0.2) is 0 Å². The van der Waals surface area contributed by atoms with E-state index in [2.05, 4.69) is 41.1 Å². The molecule has 0 bridgehead atoms. The maximum Gasteiger partial charge on any atom is 0.319 e. The van der Waals surface area contributed by atoms with Crippen molar-refractivity contribution in [3.05, 3.63) is 90.6 Å². The Morgan fingerprint density at radius 3 is 2.39 bits per heavy atom. The van der Waals surface area contributed by atoms with Crippen molar-refractivity contribution < 1.29 is 19.4 Å². The summed E-state index contributed by atoms with van der Waals surface area (Å²) < 4.78 is 13.1. The highest BCUT2D eigenvalue weighted by atomic mass is 32.2. The number of thioether (sulfide) groups is 1. The van der Waals surface area contributed by atoms with E-state index in [0.717, 1.165) is 39.4 Å². The summed E-state index contributed by atoms with van der Waals surface area (Å²) in [7, 11) is 0. The van der Waals surface area contributed by atoms with Crippen molar-refractivity contribution in [2.24, 2.45) is 0 Å². The lowest BCUT2D eigenvalue weighted by Gasteiger charge is -2.18. The molecule has 5 nitrogen and oxygen atoms in total. The number of carboxylic acid groups (broad SMARTS) is 1. The summed E-state index contributed by atoms with van der Waals surface area (Å²) in [4.78, 5) is 12.2. The predicted molar refractivity (Wildman–Crippen MR) is 132 cm³/mol. The Balaban J connectivity index is 1.31. The number of hydrogen-bond donors (Lipinski definition) is 1. The molecule has 0 saturated carbocycles. The van der Waals surface area contributed by atoms with Crippen molar-refractivity contribution >= 4 is 28.6 Å². The van der Waals surface area contributed by atoms with Crippen LogP contribution in [0.15, 0.2) is 90.0 Å². The van der Waals surface area contributed by atoms with Gasteiger partial charge in [0.1, 0.15) is 29.5 Å². The zero-order valence-electron chi connectivity index (χ0n) is 18.7. The highest BCUT2D eigenvalue weighted by molar-refractivity contribution is 8.01. The van der Waals surface area contributed by atoms with Crippen LogP contribution < -0.4 is 9.47 Å². The Bertz CT molecular complexity index is 1220. The number of fused-ring (bicyclic) bond motifs is 1. The molecule has 0 saturated heterocycles. The van der Waals surface area contributed by atoms with E-state index in [4.69, 9.17) is 9.47 Å². The number of carboxylic acids is 1. The molecule has 4 aromatic rings. The van der Waals surface area contributed by atoms with Crippen LogP contribution in [0.3, 0.4) is 0 Å². The third-order valence-electron chi connectivity index (χ3n) is 5.30. The first-order valence-corrected chi connectivity index (χ1v) is 11.6. The number of ether oxygens (including phenoxy) is 2. The molecule has 1 aromatic heterocycles. The molecule has 0 fully saturated rings. The monoisotopic (exact) mass is 461 g/mol. The van der Waals surface area contributed by atoms with Crippen LogP contribution in [-0.2, 0) is 17.9 Å². The molecule has 0 radical (unpaired) electrons. The fraction of sp³-hybridized carbons (Fsp3) is 0.222. The second-order valence-electron chi connectivity index (χ2n) is 8.24.